The van der Waals surface area contributed by atoms with E-state index in [1.165, 1.54) is 62.6 Å². The van der Waals surface area contributed by atoms with Crippen LogP contribution in [-0.2, 0) is 0 Å². The maximum absolute atomic E-state index is 6.70. The van der Waals surface area contributed by atoms with Crippen molar-refractivity contribution in [1.82, 2.24) is 4.90 Å². The van der Waals surface area contributed by atoms with Gasteiger partial charge in [-0.25, -0.2) is 0 Å². The molecular weight excluding hydrogens is 336 g/mol. The normalized spacial score (nSPS) is 33.0. The van der Waals surface area contributed by atoms with Gasteiger partial charge >= 0.3 is 0 Å². The van der Waals surface area contributed by atoms with Crippen molar-refractivity contribution in [3.8, 4) is 11.5 Å². The number of ether oxygens (including phenoxy) is 2. The van der Waals surface area contributed by atoms with Crippen molar-refractivity contribution in [2.24, 2.45) is 11.7 Å². The van der Waals surface area contributed by atoms with Gasteiger partial charge in [0.25, 0.3) is 0 Å². The quantitative estimate of drug-likeness (QED) is 0.819. The molecule has 1 saturated carbocycles. The highest BCUT2D eigenvalue weighted by Gasteiger charge is 2.46. The number of piperidine rings is 1. The number of fused-ring (bicyclic) bond motifs is 6. The summed E-state index contributed by atoms with van der Waals surface area (Å²) in [5.74, 6) is 3.00. The highest BCUT2D eigenvalue weighted by atomic mass is 16.5. The first-order valence-corrected chi connectivity index (χ1v) is 10.9. The van der Waals surface area contributed by atoms with E-state index in [1.807, 2.05) is 0 Å². The average molecular weight is 373 g/mol. The zero-order valence-electron chi connectivity index (χ0n) is 17.2. The van der Waals surface area contributed by atoms with Crippen LogP contribution < -0.4 is 15.2 Å². The highest BCUT2D eigenvalue weighted by Crippen LogP contribution is 2.52. The van der Waals surface area contributed by atoms with Crippen molar-refractivity contribution < 1.29 is 9.47 Å². The van der Waals surface area contributed by atoms with Crippen molar-refractivity contribution >= 4 is 0 Å². The number of rotatable bonds is 5. The maximum atomic E-state index is 6.70. The molecule has 0 amide bonds. The Morgan fingerprint density at radius 2 is 1.78 bits per heavy atom. The Hall–Kier alpha value is -1.26. The molecule has 2 heterocycles. The van der Waals surface area contributed by atoms with Gasteiger partial charge in [-0.3, -0.25) is 4.90 Å². The minimum atomic E-state index is 0.305. The van der Waals surface area contributed by atoms with Gasteiger partial charge in [0.1, 0.15) is 0 Å². The summed E-state index contributed by atoms with van der Waals surface area (Å²) in [6.07, 6.45) is 10.2. The summed E-state index contributed by atoms with van der Waals surface area (Å²) in [6, 6.07) is 5.93. The van der Waals surface area contributed by atoms with E-state index in [1.54, 1.807) is 14.2 Å². The van der Waals surface area contributed by atoms with Gasteiger partial charge in [-0.05, 0) is 60.8 Å². The lowest BCUT2D eigenvalue weighted by atomic mass is 9.69. The third-order valence-corrected chi connectivity index (χ3v) is 7.38. The summed E-state index contributed by atoms with van der Waals surface area (Å²) in [5, 5.41) is 0. The van der Waals surface area contributed by atoms with Crippen LogP contribution in [0.4, 0.5) is 0 Å². The minimum Gasteiger partial charge on any atom is -0.493 e. The van der Waals surface area contributed by atoms with Crippen LogP contribution >= 0.6 is 0 Å². The Morgan fingerprint density at radius 1 is 1.07 bits per heavy atom. The fourth-order valence-corrected chi connectivity index (χ4v) is 5.95. The maximum Gasteiger partial charge on any atom is 0.161 e. The summed E-state index contributed by atoms with van der Waals surface area (Å²) in [5.41, 5.74) is 9.64. The standard InChI is InChI=1S/C23H36N2O2/c1-4-5-8-15-14-25-20-10-7-6-9-16(20)17-11-22(26-2)23(27-3)12-18(17)21(25)13-19(15)24/h11-12,15-16,19-21H,4-10,13-14,24H2,1-3H3/t15-,16+,19+,20?,21?/m1/s1. The summed E-state index contributed by atoms with van der Waals surface area (Å²) in [7, 11) is 3.48. The highest BCUT2D eigenvalue weighted by molar-refractivity contribution is 5.51. The molecule has 1 aliphatic carbocycles. The number of unbranched alkanes of at least 4 members (excludes halogenated alkanes) is 1. The fourth-order valence-electron chi connectivity index (χ4n) is 5.95. The van der Waals surface area contributed by atoms with Gasteiger partial charge in [-0.15, -0.1) is 0 Å². The zero-order chi connectivity index (χ0) is 19.0. The van der Waals surface area contributed by atoms with Crippen LogP contribution in [0.25, 0.3) is 0 Å². The van der Waals surface area contributed by atoms with Gasteiger partial charge in [0.05, 0.1) is 14.2 Å². The van der Waals surface area contributed by atoms with E-state index in [4.69, 9.17) is 15.2 Å². The van der Waals surface area contributed by atoms with Gasteiger partial charge in [0.15, 0.2) is 11.5 Å². The lowest BCUT2D eigenvalue weighted by molar-refractivity contribution is 0.00839. The number of hydrogen-bond acceptors (Lipinski definition) is 4. The molecule has 4 nitrogen and oxygen atoms in total. The Labute approximate surface area is 164 Å². The van der Waals surface area contributed by atoms with Crippen molar-refractivity contribution in [2.75, 3.05) is 20.8 Å². The molecule has 1 aromatic rings. The molecular formula is C23H36N2O2. The first-order valence-electron chi connectivity index (χ1n) is 10.9. The smallest absolute Gasteiger partial charge is 0.161 e. The monoisotopic (exact) mass is 372 g/mol. The van der Waals surface area contributed by atoms with E-state index in [-0.39, 0.29) is 0 Å². The van der Waals surface area contributed by atoms with Crippen LogP contribution in [0.15, 0.2) is 12.1 Å². The van der Waals surface area contributed by atoms with E-state index in [0.717, 1.165) is 17.9 Å². The van der Waals surface area contributed by atoms with E-state index in [9.17, 15) is 0 Å². The third kappa shape index (κ3) is 3.36. The number of hydrogen-bond donors (Lipinski definition) is 1. The molecule has 5 atom stereocenters. The van der Waals surface area contributed by atoms with Crippen LogP contribution in [0.2, 0.25) is 0 Å². The Balaban J connectivity index is 1.73. The van der Waals surface area contributed by atoms with Crippen molar-refractivity contribution in [3.05, 3.63) is 23.3 Å². The average Bonchev–Trinajstić information content (AvgIpc) is 2.71. The Bertz CT molecular complexity index is 662. The lowest BCUT2D eigenvalue weighted by Crippen LogP contribution is -2.56. The summed E-state index contributed by atoms with van der Waals surface area (Å²) >= 11 is 0. The van der Waals surface area contributed by atoms with Crippen LogP contribution in [0.3, 0.4) is 0 Å². The lowest BCUT2D eigenvalue weighted by Gasteiger charge is -2.54. The Kier molecular flexibility index (Phi) is 5.65. The molecule has 27 heavy (non-hydrogen) atoms. The van der Waals surface area contributed by atoms with E-state index in [2.05, 4.69) is 24.0 Å². The van der Waals surface area contributed by atoms with Crippen molar-refractivity contribution in [1.29, 1.82) is 0 Å². The molecule has 0 aromatic heterocycles. The largest absolute Gasteiger partial charge is 0.493 e. The van der Waals surface area contributed by atoms with Gasteiger partial charge in [0.2, 0.25) is 0 Å². The Morgan fingerprint density at radius 3 is 2.48 bits per heavy atom. The number of methoxy groups -OCH3 is 2. The predicted molar refractivity (Wildman–Crippen MR) is 110 cm³/mol. The second-order valence-corrected chi connectivity index (χ2v) is 8.81. The fraction of sp³-hybridized carbons (Fsp3) is 0.739. The molecule has 0 radical (unpaired) electrons. The van der Waals surface area contributed by atoms with Crippen molar-refractivity contribution in [3.63, 3.8) is 0 Å². The van der Waals surface area contributed by atoms with Crippen LogP contribution in [0.5, 0.6) is 11.5 Å². The second-order valence-electron chi connectivity index (χ2n) is 8.81. The van der Waals surface area contributed by atoms with Crippen molar-refractivity contribution in [2.45, 2.75) is 82.3 Å². The SMILES string of the molecule is CCCC[C@@H]1CN2C(C[C@@H]1N)c1cc(OC)c(OC)cc1[C@@H]1CCCCC12. The summed E-state index contributed by atoms with van der Waals surface area (Å²) < 4.78 is 11.3. The molecule has 0 spiro atoms. The molecule has 1 saturated heterocycles. The molecule has 1 aromatic carbocycles. The molecule has 3 aliphatic rings. The van der Waals surface area contributed by atoms with Crippen LogP contribution in [0, 0.1) is 5.92 Å². The topological polar surface area (TPSA) is 47.7 Å². The van der Waals surface area contributed by atoms with Crippen LogP contribution in [-0.4, -0.2) is 37.7 Å². The van der Waals surface area contributed by atoms with Gasteiger partial charge in [-0.1, -0.05) is 32.6 Å². The molecule has 2 N–H and O–H groups in total. The van der Waals surface area contributed by atoms with Gasteiger partial charge in [-0.2, -0.15) is 0 Å². The molecule has 2 aliphatic heterocycles. The second kappa shape index (κ2) is 8.00. The molecule has 2 unspecified atom stereocenters. The molecule has 4 heteroatoms. The first kappa shape index (κ1) is 19.1. The molecule has 2 fully saturated rings. The zero-order valence-corrected chi connectivity index (χ0v) is 17.2. The van der Waals surface area contributed by atoms with E-state index in [0.29, 0.717) is 30.0 Å². The molecule has 4 rings (SSSR count). The van der Waals surface area contributed by atoms with E-state index >= 15 is 0 Å². The predicted octanol–water partition coefficient (Wildman–Crippen LogP) is 4.62. The molecule has 150 valence electrons. The third-order valence-electron chi connectivity index (χ3n) is 7.38. The van der Waals surface area contributed by atoms with Gasteiger partial charge < -0.3 is 15.2 Å². The minimum absolute atomic E-state index is 0.305. The van der Waals surface area contributed by atoms with Crippen LogP contribution in [0.1, 0.15) is 81.4 Å². The summed E-state index contributed by atoms with van der Waals surface area (Å²) in [4.78, 5) is 2.84. The number of nitrogens with zero attached hydrogens (tertiary/aromatic N) is 1. The molecule has 0 bridgehead atoms. The summed E-state index contributed by atoms with van der Waals surface area (Å²) in [6.45, 7) is 3.45. The number of nitrogens with two attached hydrogens (primary N) is 1. The number of benzene rings is 1. The first-order chi connectivity index (χ1) is 13.2. The van der Waals surface area contributed by atoms with E-state index < -0.39 is 0 Å². The van der Waals surface area contributed by atoms with Gasteiger partial charge in [0, 0.05) is 24.7 Å².